The third-order valence-electron chi connectivity index (χ3n) is 3.94. The molecule has 0 aromatic carbocycles. The first kappa shape index (κ1) is 6.04. The Bertz CT molecular complexity index is 224. The number of fused-ring (bicyclic) bond motifs is 1. The van der Waals surface area contributed by atoms with Crippen molar-refractivity contribution in [1.82, 2.24) is 0 Å². The van der Waals surface area contributed by atoms with E-state index in [1.807, 2.05) is 0 Å². The van der Waals surface area contributed by atoms with Crippen LogP contribution in [0.15, 0.2) is 0 Å². The molecule has 3 fully saturated rings. The van der Waals surface area contributed by atoms with Crippen LogP contribution in [0, 0.1) is 23.7 Å². The van der Waals surface area contributed by atoms with Gasteiger partial charge in [0.1, 0.15) is 6.10 Å². The maximum absolute atomic E-state index is 11.3. The van der Waals surface area contributed by atoms with Gasteiger partial charge in [-0.3, -0.25) is 4.79 Å². The first-order valence-corrected chi connectivity index (χ1v) is 4.48. The van der Waals surface area contributed by atoms with Gasteiger partial charge in [0.25, 0.3) is 0 Å². The van der Waals surface area contributed by atoms with Gasteiger partial charge >= 0.3 is 5.97 Å². The van der Waals surface area contributed by atoms with Gasteiger partial charge in [0, 0.05) is 5.92 Å². The lowest BCUT2D eigenvalue weighted by Gasteiger charge is -2.40. The number of ether oxygens (including phenoxy) is 1. The zero-order chi connectivity index (χ0) is 7.59. The summed E-state index contributed by atoms with van der Waals surface area (Å²) in [6.45, 7) is 2.21. The van der Waals surface area contributed by atoms with Crippen molar-refractivity contribution in [2.24, 2.45) is 23.7 Å². The second kappa shape index (κ2) is 1.62. The van der Waals surface area contributed by atoms with E-state index in [1.54, 1.807) is 0 Å². The molecular formula is C9H12O2. The lowest BCUT2D eigenvalue weighted by Crippen LogP contribution is -2.43. The van der Waals surface area contributed by atoms with Gasteiger partial charge in [-0.25, -0.2) is 0 Å². The van der Waals surface area contributed by atoms with E-state index in [-0.39, 0.29) is 11.9 Å². The second-order valence-electron chi connectivity index (χ2n) is 4.24. The fraction of sp³-hybridized carbons (Fsp3) is 0.889. The van der Waals surface area contributed by atoms with Gasteiger partial charge in [0.05, 0.1) is 5.92 Å². The van der Waals surface area contributed by atoms with E-state index in [0.29, 0.717) is 12.0 Å². The number of carbonyl (C=O) groups is 1. The lowest BCUT2D eigenvalue weighted by atomic mass is 9.71. The van der Waals surface area contributed by atoms with Crippen LogP contribution >= 0.6 is 0 Å². The maximum Gasteiger partial charge on any atom is 0.309 e. The number of hydrogen-bond acceptors (Lipinski definition) is 2. The van der Waals surface area contributed by atoms with Crippen LogP contribution in [0.5, 0.6) is 0 Å². The van der Waals surface area contributed by atoms with E-state index in [2.05, 4.69) is 6.92 Å². The third kappa shape index (κ3) is 0.534. The Morgan fingerprint density at radius 1 is 1.36 bits per heavy atom. The minimum Gasteiger partial charge on any atom is -0.462 e. The average Bonchev–Trinajstić information content (AvgIpc) is 2.05. The molecule has 2 aliphatic carbocycles. The maximum atomic E-state index is 11.3. The molecule has 0 spiro atoms. The molecule has 1 heterocycles. The van der Waals surface area contributed by atoms with Crippen molar-refractivity contribution < 1.29 is 9.53 Å². The van der Waals surface area contributed by atoms with E-state index in [9.17, 15) is 4.79 Å². The van der Waals surface area contributed by atoms with E-state index >= 15 is 0 Å². The van der Waals surface area contributed by atoms with Gasteiger partial charge in [-0.1, -0.05) is 6.92 Å². The minimum atomic E-state index is 0.0822. The summed E-state index contributed by atoms with van der Waals surface area (Å²) < 4.78 is 5.27. The van der Waals surface area contributed by atoms with Gasteiger partial charge in [0.2, 0.25) is 0 Å². The average molecular weight is 152 g/mol. The molecule has 0 radical (unpaired) electrons. The molecule has 0 aromatic rings. The molecule has 5 unspecified atom stereocenters. The highest BCUT2D eigenvalue weighted by Gasteiger charge is 2.59. The number of hydrogen-bond donors (Lipinski definition) is 0. The van der Waals surface area contributed by atoms with Gasteiger partial charge in [-0.15, -0.1) is 0 Å². The smallest absolute Gasteiger partial charge is 0.309 e. The lowest BCUT2D eigenvalue weighted by molar-refractivity contribution is -0.168. The van der Waals surface area contributed by atoms with Crippen molar-refractivity contribution in [2.45, 2.75) is 25.9 Å². The Labute approximate surface area is 65.9 Å². The van der Waals surface area contributed by atoms with Crippen LogP contribution in [0.3, 0.4) is 0 Å². The van der Waals surface area contributed by atoms with Crippen molar-refractivity contribution in [3.8, 4) is 0 Å². The van der Waals surface area contributed by atoms with E-state index in [4.69, 9.17) is 4.74 Å². The highest BCUT2D eigenvalue weighted by Crippen LogP contribution is 2.57. The first-order valence-electron chi connectivity index (χ1n) is 4.48. The minimum absolute atomic E-state index is 0.0822. The standard InChI is InChI=1S/C9H12O2/c1-4-5-3-8-7(5)2-6(4)9(10)11-8/h4-8H,2-3H2,1H3. The Kier molecular flexibility index (Phi) is 0.890. The molecule has 60 valence electrons. The number of esters is 1. The molecule has 0 aromatic heterocycles. The van der Waals surface area contributed by atoms with Crippen LogP contribution in [-0.2, 0) is 9.53 Å². The fourth-order valence-corrected chi connectivity index (χ4v) is 3.12. The zero-order valence-corrected chi connectivity index (χ0v) is 6.62. The molecule has 1 saturated heterocycles. The molecule has 1 aliphatic heterocycles. The number of carbonyl (C=O) groups excluding carboxylic acids is 1. The number of rotatable bonds is 0. The summed E-state index contributed by atoms with van der Waals surface area (Å²) in [5, 5.41) is 0. The summed E-state index contributed by atoms with van der Waals surface area (Å²) in [4.78, 5) is 11.3. The van der Waals surface area contributed by atoms with Crippen LogP contribution in [0.1, 0.15) is 19.8 Å². The van der Waals surface area contributed by atoms with Crippen LogP contribution in [0.4, 0.5) is 0 Å². The summed E-state index contributed by atoms with van der Waals surface area (Å²) in [7, 11) is 0. The molecule has 11 heavy (non-hydrogen) atoms. The van der Waals surface area contributed by atoms with E-state index in [1.165, 1.54) is 0 Å². The van der Waals surface area contributed by atoms with Gasteiger partial charge in [-0.05, 0) is 24.7 Å². The Morgan fingerprint density at radius 2 is 2.18 bits per heavy atom. The van der Waals surface area contributed by atoms with Gasteiger partial charge in [0.15, 0.2) is 0 Å². The predicted molar refractivity (Wildman–Crippen MR) is 38.7 cm³/mol. The van der Waals surface area contributed by atoms with Crippen LogP contribution in [-0.4, -0.2) is 12.1 Å². The SMILES string of the molecule is CC1C2CC3C(CC13)OC2=O. The van der Waals surface area contributed by atoms with Crippen molar-refractivity contribution in [3.05, 3.63) is 0 Å². The fourth-order valence-electron chi connectivity index (χ4n) is 3.12. The molecule has 2 heteroatoms. The molecule has 5 atom stereocenters. The Morgan fingerprint density at radius 3 is 3.00 bits per heavy atom. The first-order chi connectivity index (χ1) is 5.27. The van der Waals surface area contributed by atoms with Crippen molar-refractivity contribution in [3.63, 3.8) is 0 Å². The van der Waals surface area contributed by atoms with Crippen LogP contribution < -0.4 is 0 Å². The Hall–Kier alpha value is -0.530. The molecular weight excluding hydrogens is 140 g/mol. The second-order valence-corrected chi connectivity index (χ2v) is 4.24. The van der Waals surface area contributed by atoms with Crippen LogP contribution in [0.2, 0.25) is 0 Å². The Balaban J connectivity index is 2.00. The third-order valence-corrected chi connectivity index (χ3v) is 3.94. The molecule has 2 nitrogen and oxygen atoms in total. The van der Waals surface area contributed by atoms with Gasteiger partial charge < -0.3 is 4.74 Å². The highest BCUT2D eigenvalue weighted by molar-refractivity contribution is 5.75. The molecule has 2 bridgehead atoms. The van der Waals surface area contributed by atoms with Crippen molar-refractivity contribution in [2.75, 3.05) is 0 Å². The quantitative estimate of drug-likeness (QED) is 0.487. The monoisotopic (exact) mass is 152 g/mol. The zero-order valence-electron chi connectivity index (χ0n) is 6.62. The van der Waals surface area contributed by atoms with E-state index < -0.39 is 0 Å². The topological polar surface area (TPSA) is 26.3 Å². The van der Waals surface area contributed by atoms with Crippen molar-refractivity contribution in [1.29, 1.82) is 0 Å². The summed E-state index contributed by atoms with van der Waals surface area (Å²) >= 11 is 0. The molecule has 0 amide bonds. The highest BCUT2D eigenvalue weighted by atomic mass is 16.5. The largest absolute Gasteiger partial charge is 0.462 e. The summed E-state index contributed by atoms with van der Waals surface area (Å²) in [6, 6.07) is 0. The molecule has 3 aliphatic rings. The molecule has 2 saturated carbocycles. The van der Waals surface area contributed by atoms with Gasteiger partial charge in [-0.2, -0.15) is 0 Å². The summed E-state index contributed by atoms with van der Waals surface area (Å²) in [5.74, 6) is 2.50. The van der Waals surface area contributed by atoms with Crippen LogP contribution in [0.25, 0.3) is 0 Å². The molecule has 3 rings (SSSR count). The molecule has 0 N–H and O–H groups in total. The van der Waals surface area contributed by atoms with E-state index in [0.717, 1.165) is 24.7 Å². The summed E-state index contributed by atoms with van der Waals surface area (Å²) in [6.07, 6.45) is 2.58. The predicted octanol–water partition coefficient (Wildman–Crippen LogP) is 1.20. The van der Waals surface area contributed by atoms with Crippen molar-refractivity contribution >= 4 is 5.97 Å². The summed E-state index contributed by atoms with van der Waals surface area (Å²) in [5.41, 5.74) is 0. The normalized spacial score (nSPS) is 58.6.